The van der Waals surface area contributed by atoms with Crippen LogP contribution in [0.2, 0.25) is 0 Å². The first-order chi connectivity index (χ1) is 31.8. The van der Waals surface area contributed by atoms with E-state index in [1.165, 1.54) is 0 Å². The zero-order valence-corrected chi connectivity index (χ0v) is 38.4. The van der Waals surface area contributed by atoms with Gasteiger partial charge in [-0.1, -0.05) is 163 Å². The highest BCUT2D eigenvalue weighted by Gasteiger charge is 2.49. The van der Waals surface area contributed by atoms with Crippen LogP contribution in [0.25, 0.3) is 0 Å². The summed E-state index contributed by atoms with van der Waals surface area (Å²) >= 11 is 0. The third kappa shape index (κ3) is 11.4. The Balaban J connectivity index is 1.48. The smallest absolute Gasteiger partial charge is 0.413 e. The normalized spacial score (nSPS) is 16.7. The van der Waals surface area contributed by atoms with Gasteiger partial charge in [-0.25, -0.2) is 0 Å². The van der Waals surface area contributed by atoms with Crippen molar-refractivity contribution in [3.63, 3.8) is 0 Å². The van der Waals surface area contributed by atoms with Gasteiger partial charge in [-0.2, -0.15) is 0 Å². The first kappa shape index (κ1) is 43.3. The first-order valence-corrected chi connectivity index (χ1v) is 26.5. The van der Waals surface area contributed by atoms with Gasteiger partial charge in [0.15, 0.2) is 0 Å². The Morgan fingerprint density at radius 2 is 0.369 bits per heavy atom. The van der Waals surface area contributed by atoms with Gasteiger partial charge in [0.1, 0.15) is 46.0 Å². The maximum Gasteiger partial charge on any atom is 0.460 e. The predicted octanol–water partition coefficient (Wildman–Crippen LogP) is 16.7. The number of para-hydroxylation sites is 7. The molecular formula is C49H42N4O8P4. The van der Waals surface area contributed by atoms with Gasteiger partial charge in [0.25, 0.3) is 0 Å². The second-order valence-electron chi connectivity index (χ2n) is 14.1. The van der Waals surface area contributed by atoms with Crippen LogP contribution in [0.3, 0.4) is 0 Å². The quantitative estimate of drug-likeness (QED) is 0.0878. The van der Waals surface area contributed by atoms with Gasteiger partial charge < -0.3 is 36.2 Å². The van der Waals surface area contributed by atoms with Crippen molar-refractivity contribution in [2.24, 2.45) is 18.1 Å². The van der Waals surface area contributed by atoms with E-state index in [4.69, 9.17) is 54.3 Å². The molecule has 1 heterocycles. The lowest BCUT2D eigenvalue weighted by molar-refractivity contribution is 0.444. The third-order valence-electron chi connectivity index (χ3n) is 8.92. The summed E-state index contributed by atoms with van der Waals surface area (Å²) in [5, 5.41) is 0. The Labute approximate surface area is 378 Å². The van der Waals surface area contributed by atoms with Gasteiger partial charge in [-0.15, -0.1) is 0 Å². The van der Waals surface area contributed by atoms with E-state index in [1.807, 2.05) is 159 Å². The largest absolute Gasteiger partial charge is 0.460 e. The van der Waals surface area contributed by atoms with Gasteiger partial charge in [0, 0.05) is 0 Å². The molecule has 8 aromatic carbocycles. The van der Waals surface area contributed by atoms with E-state index >= 15 is 0 Å². The molecular weight excluding hydrogens is 896 g/mol. The molecule has 0 radical (unpaired) electrons. The van der Waals surface area contributed by atoms with Crippen molar-refractivity contribution in [1.82, 2.24) is 0 Å². The van der Waals surface area contributed by atoms with Crippen LogP contribution < -0.4 is 36.2 Å². The summed E-state index contributed by atoms with van der Waals surface area (Å²) in [6, 6.07) is 71.1. The number of aryl methyl sites for hydroxylation is 1. The molecule has 1 atom stereocenters. The van der Waals surface area contributed by atoms with Crippen molar-refractivity contribution in [2.75, 3.05) is 0 Å². The van der Waals surface area contributed by atoms with Crippen molar-refractivity contribution in [1.29, 1.82) is 0 Å². The highest BCUT2D eigenvalue weighted by molar-refractivity contribution is 7.79. The lowest BCUT2D eigenvalue weighted by Crippen LogP contribution is -2.11. The highest BCUT2D eigenvalue weighted by atomic mass is 31.3. The van der Waals surface area contributed by atoms with Crippen molar-refractivity contribution in [3.8, 4) is 46.0 Å². The van der Waals surface area contributed by atoms with Gasteiger partial charge in [-0.05, 0) is 104 Å². The van der Waals surface area contributed by atoms with Gasteiger partial charge in [-0.3, -0.25) is 0 Å². The maximum atomic E-state index is 7.11. The number of rotatable bonds is 16. The fourth-order valence-corrected chi connectivity index (χ4v) is 18.2. The standard InChI is InChI=1S/C49H42N4O8P4/c1-41-37-39-49(40-38-41)61-65(60-48-35-21-8-22-36-48)52-63(56-44-27-13-4-14-28-44,57-45-29-15-5-16-30-45)50-62(54-42-23-9-2-10-24-42,55-43-25-11-3-12-26-43)51-64(53-65,58-46-31-17-6-18-32-46)59-47-33-19-7-20-34-47/h2-40H,1H3. The van der Waals surface area contributed by atoms with E-state index in [-0.39, 0.29) is 0 Å². The van der Waals surface area contributed by atoms with E-state index in [0.717, 1.165) is 5.56 Å². The summed E-state index contributed by atoms with van der Waals surface area (Å²) in [6.07, 6.45) is 0. The Bertz CT molecular complexity index is 2810. The van der Waals surface area contributed by atoms with Crippen LogP contribution in [0.1, 0.15) is 5.56 Å². The molecule has 65 heavy (non-hydrogen) atoms. The second kappa shape index (κ2) is 19.9. The van der Waals surface area contributed by atoms with Crippen LogP contribution in [0.5, 0.6) is 46.0 Å². The third-order valence-corrected chi connectivity index (χ3v) is 19.7. The SMILES string of the molecule is Cc1ccc(OP2(Oc3ccccc3)=NP(Oc3ccccc3)(Oc3ccccc3)=NP(Oc3ccccc3)(Oc3ccccc3)=NP(Oc3ccccc3)(Oc3ccccc3)=N2)cc1. The second-order valence-corrected chi connectivity index (χ2v) is 22.3. The number of nitrogens with zero attached hydrogens (tertiary/aromatic N) is 4. The van der Waals surface area contributed by atoms with Gasteiger partial charge in [0.2, 0.25) is 0 Å². The highest BCUT2D eigenvalue weighted by Crippen LogP contribution is 2.79. The molecule has 0 N–H and O–H groups in total. The summed E-state index contributed by atoms with van der Waals surface area (Å²) in [6.45, 7) is 1.98. The lowest BCUT2D eigenvalue weighted by Gasteiger charge is -2.33. The van der Waals surface area contributed by atoms with Crippen LogP contribution in [0.15, 0.2) is 255 Å². The van der Waals surface area contributed by atoms with E-state index < -0.39 is 30.6 Å². The maximum absolute atomic E-state index is 7.11. The molecule has 0 saturated heterocycles. The number of hydrogen-bond acceptors (Lipinski definition) is 12. The molecule has 0 saturated carbocycles. The van der Waals surface area contributed by atoms with Crippen LogP contribution in [-0.2, 0) is 0 Å². The van der Waals surface area contributed by atoms with Crippen LogP contribution in [-0.4, -0.2) is 0 Å². The fraction of sp³-hybridized carbons (Fsp3) is 0.0204. The minimum atomic E-state index is -4.36. The number of benzene rings is 8. The molecule has 9 rings (SSSR count). The zero-order chi connectivity index (χ0) is 44.3. The molecule has 16 heteroatoms. The molecule has 0 aromatic heterocycles. The molecule has 0 spiro atoms. The van der Waals surface area contributed by atoms with E-state index in [0.29, 0.717) is 46.0 Å². The van der Waals surface area contributed by atoms with Crippen LogP contribution in [0, 0.1) is 6.92 Å². The topological polar surface area (TPSA) is 123 Å². The summed E-state index contributed by atoms with van der Waals surface area (Å²) in [5.74, 6) is 2.88. The molecule has 1 aliphatic rings. The summed E-state index contributed by atoms with van der Waals surface area (Å²) in [5.41, 5.74) is 0.999. The van der Waals surface area contributed by atoms with Gasteiger partial charge in [0.05, 0.1) is 0 Å². The Hall–Kier alpha value is -6.92. The molecule has 1 aliphatic heterocycles. The van der Waals surface area contributed by atoms with Crippen molar-refractivity contribution in [3.05, 3.63) is 242 Å². The molecule has 0 fully saturated rings. The average Bonchev–Trinajstić information content (AvgIpc) is 3.31. The summed E-state index contributed by atoms with van der Waals surface area (Å²) in [7, 11) is -17.4. The van der Waals surface area contributed by atoms with E-state index in [1.54, 1.807) is 84.9 Å². The summed E-state index contributed by atoms with van der Waals surface area (Å²) < 4.78 is 78.7. The molecule has 326 valence electrons. The summed E-state index contributed by atoms with van der Waals surface area (Å²) in [4.78, 5) is 0. The first-order valence-electron chi connectivity index (χ1n) is 20.4. The minimum absolute atomic E-state index is 0.359. The van der Waals surface area contributed by atoms with E-state index in [2.05, 4.69) is 0 Å². The average molecular weight is 939 g/mol. The van der Waals surface area contributed by atoms with Crippen molar-refractivity contribution >= 4 is 30.6 Å². The molecule has 0 bridgehead atoms. The molecule has 0 aliphatic carbocycles. The predicted molar refractivity (Wildman–Crippen MR) is 259 cm³/mol. The lowest BCUT2D eigenvalue weighted by atomic mass is 10.2. The van der Waals surface area contributed by atoms with Crippen LogP contribution >= 0.6 is 30.6 Å². The zero-order valence-electron chi connectivity index (χ0n) is 34.9. The van der Waals surface area contributed by atoms with Crippen LogP contribution in [0.4, 0.5) is 0 Å². The van der Waals surface area contributed by atoms with Crippen molar-refractivity contribution in [2.45, 2.75) is 6.92 Å². The Morgan fingerprint density at radius 3 is 0.538 bits per heavy atom. The monoisotopic (exact) mass is 938 g/mol. The number of hydrogen-bond donors (Lipinski definition) is 0. The molecule has 0 amide bonds. The van der Waals surface area contributed by atoms with Gasteiger partial charge >= 0.3 is 30.6 Å². The molecule has 12 nitrogen and oxygen atoms in total. The fourth-order valence-electron chi connectivity index (χ4n) is 6.08. The Kier molecular flexibility index (Phi) is 13.2. The molecule has 1 unspecified atom stereocenters. The van der Waals surface area contributed by atoms with Crippen molar-refractivity contribution < 1.29 is 36.2 Å². The Morgan fingerprint density at radius 1 is 0.215 bits per heavy atom. The molecule has 8 aromatic rings. The minimum Gasteiger partial charge on any atom is -0.413 e. The van der Waals surface area contributed by atoms with E-state index in [9.17, 15) is 0 Å².